The first-order valence-electron chi connectivity index (χ1n) is 9.49. The Bertz CT molecular complexity index is 1330. The number of rotatable bonds is 5. The first-order chi connectivity index (χ1) is 14.7. The van der Waals surface area contributed by atoms with Crippen LogP contribution in [0.25, 0.3) is 34.6 Å². The lowest BCUT2D eigenvalue weighted by Crippen LogP contribution is -2.28. The normalized spacial score (nSPS) is 15.2. The zero-order valence-electron chi connectivity index (χ0n) is 16.8. The van der Waals surface area contributed by atoms with Crippen LogP contribution in [0.4, 0.5) is 0 Å². The smallest absolute Gasteiger partial charge is 0.203 e. The number of aromatic nitrogens is 4. The fourth-order valence-corrected chi connectivity index (χ4v) is 3.85. The number of hydrogen-bond acceptors (Lipinski definition) is 7. The second kappa shape index (κ2) is 7.22. The maximum atomic E-state index is 6.29. The van der Waals surface area contributed by atoms with Gasteiger partial charge in [-0.1, -0.05) is 11.3 Å². The van der Waals surface area contributed by atoms with Crippen LogP contribution >= 0.6 is 0 Å². The first kappa shape index (κ1) is 18.2. The van der Waals surface area contributed by atoms with E-state index < -0.39 is 0 Å². The van der Waals surface area contributed by atoms with E-state index in [9.17, 15) is 0 Å². The Hall–Kier alpha value is -3.81. The molecule has 0 saturated carbocycles. The van der Waals surface area contributed by atoms with Gasteiger partial charge in [0.15, 0.2) is 17.1 Å². The van der Waals surface area contributed by atoms with Crippen molar-refractivity contribution in [3.8, 4) is 28.6 Å². The molecule has 3 heterocycles. The summed E-state index contributed by atoms with van der Waals surface area (Å²) < 4.78 is 22.6. The average molecular weight is 404 g/mol. The van der Waals surface area contributed by atoms with Crippen LogP contribution < -0.4 is 24.9 Å². The molecule has 1 unspecified atom stereocenters. The van der Waals surface area contributed by atoms with E-state index in [2.05, 4.69) is 32.5 Å². The molecule has 0 fully saturated rings. The topological polar surface area (TPSA) is 95.3 Å². The Morgan fingerprint density at radius 1 is 1.07 bits per heavy atom. The summed E-state index contributed by atoms with van der Waals surface area (Å²) in [4.78, 5) is 4.50. The minimum atomic E-state index is 0.132. The molecule has 1 atom stereocenters. The fourth-order valence-electron chi connectivity index (χ4n) is 3.85. The molecule has 0 spiro atoms. The summed E-state index contributed by atoms with van der Waals surface area (Å²) in [5.41, 5.74) is 3.41. The van der Waals surface area contributed by atoms with E-state index in [1.165, 1.54) is 0 Å². The summed E-state index contributed by atoms with van der Waals surface area (Å²) in [6, 6.07) is 7.64. The molecule has 1 aliphatic rings. The molecule has 0 amide bonds. The summed E-state index contributed by atoms with van der Waals surface area (Å²) >= 11 is 0. The molecule has 8 heteroatoms. The van der Waals surface area contributed by atoms with E-state index in [-0.39, 0.29) is 5.92 Å². The van der Waals surface area contributed by atoms with Crippen molar-refractivity contribution in [3.63, 3.8) is 0 Å². The molecule has 1 N–H and O–H groups in total. The second-order valence-corrected chi connectivity index (χ2v) is 6.96. The van der Waals surface area contributed by atoms with Crippen LogP contribution in [0.3, 0.4) is 0 Å². The van der Waals surface area contributed by atoms with E-state index in [0.717, 1.165) is 39.3 Å². The van der Waals surface area contributed by atoms with Crippen LogP contribution in [0.1, 0.15) is 17.9 Å². The number of ether oxygens (including phenoxy) is 3. The molecule has 1 aliphatic carbocycles. The predicted molar refractivity (Wildman–Crippen MR) is 111 cm³/mol. The molecule has 0 aliphatic heterocycles. The number of nitrogens with zero attached hydrogens (tertiary/aromatic N) is 3. The van der Waals surface area contributed by atoms with Gasteiger partial charge in [-0.3, -0.25) is 10.1 Å². The Morgan fingerprint density at radius 2 is 1.87 bits per heavy atom. The highest BCUT2D eigenvalue weighted by atomic mass is 16.5. The Kier molecular flexibility index (Phi) is 4.39. The highest BCUT2D eigenvalue weighted by Gasteiger charge is 2.20. The number of H-pyrrole nitrogens is 1. The lowest BCUT2D eigenvalue weighted by atomic mass is 9.93. The minimum absolute atomic E-state index is 0.132. The highest BCUT2D eigenvalue weighted by molar-refractivity contribution is 5.84. The molecule has 4 aromatic rings. The minimum Gasteiger partial charge on any atom is -0.493 e. The van der Waals surface area contributed by atoms with Crippen LogP contribution in [0, 0.1) is 0 Å². The zero-order chi connectivity index (χ0) is 20.7. The fraction of sp³-hybridized carbons (Fsp3) is 0.227. The quantitative estimate of drug-likeness (QED) is 0.546. The van der Waals surface area contributed by atoms with Gasteiger partial charge in [0.1, 0.15) is 16.6 Å². The highest BCUT2D eigenvalue weighted by Crippen LogP contribution is 2.42. The standard InChI is InChI=1S/C22H20N4O4/c1-27-19-9-13(10-20(28-2)22(19)29-3)18-11-17-21(30-18)14(6-7-23-17)12-4-5-15-16(8-12)25-26-24-15/h5-12H,4H2,1-3H3,(H,24,25). The summed E-state index contributed by atoms with van der Waals surface area (Å²) in [6.07, 6.45) is 6.85. The van der Waals surface area contributed by atoms with Crippen molar-refractivity contribution in [2.24, 2.45) is 0 Å². The number of fused-ring (bicyclic) bond motifs is 2. The van der Waals surface area contributed by atoms with Crippen molar-refractivity contribution < 1.29 is 18.6 Å². The molecule has 0 bridgehead atoms. The van der Waals surface area contributed by atoms with E-state index >= 15 is 0 Å². The van der Waals surface area contributed by atoms with Gasteiger partial charge in [0.2, 0.25) is 5.75 Å². The summed E-state index contributed by atoms with van der Waals surface area (Å²) in [6.45, 7) is 0. The van der Waals surface area contributed by atoms with E-state index in [1.807, 2.05) is 24.3 Å². The third-order valence-electron chi connectivity index (χ3n) is 5.33. The third kappa shape index (κ3) is 2.88. The van der Waals surface area contributed by atoms with E-state index in [1.54, 1.807) is 27.5 Å². The maximum absolute atomic E-state index is 6.29. The van der Waals surface area contributed by atoms with Gasteiger partial charge < -0.3 is 18.6 Å². The maximum Gasteiger partial charge on any atom is 0.203 e. The number of nitrogens with one attached hydrogen (secondary N) is 1. The van der Waals surface area contributed by atoms with Crippen molar-refractivity contribution in [3.05, 3.63) is 46.7 Å². The summed E-state index contributed by atoms with van der Waals surface area (Å²) in [7, 11) is 4.76. The summed E-state index contributed by atoms with van der Waals surface area (Å²) in [5.74, 6) is 2.47. The molecule has 30 heavy (non-hydrogen) atoms. The number of hydrogen-bond donors (Lipinski definition) is 1. The lowest BCUT2D eigenvalue weighted by Gasteiger charge is -2.13. The number of pyridine rings is 1. The molecule has 1 aromatic carbocycles. The average Bonchev–Trinajstić information content (AvgIpc) is 3.44. The number of benzene rings is 1. The van der Waals surface area contributed by atoms with Gasteiger partial charge in [-0.05, 0) is 30.7 Å². The molecule has 0 saturated heterocycles. The molecular weight excluding hydrogens is 384 g/mol. The van der Waals surface area contributed by atoms with Crippen LogP contribution in [0.2, 0.25) is 0 Å². The van der Waals surface area contributed by atoms with Crippen LogP contribution in [0.5, 0.6) is 17.2 Å². The van der Waals surface area contributed by atoms with Crippen LogP contribution in [-0.4, -0.2) is 41.7 Å². The van der Waals surface area contributed by atoms with Crippen LogP contribution in [-0.2, 0) is 0 Å². The number of methoxy groups -OCH3 is 3. The van der Waals surface area contributed by atoms with Gasteiger partial charge >= 0.3 is 0 Å². The Balaban J connectivity index is 1.63. The molecule has 152 valence electrons. The van der Waals surface area contributed by atoms with Gasteiger partial charge in [0, 0.05) is 29.3 Å². The van der Waals surface area contributed by atoms with Gasteiger partial charge in [-0.15, -0.1) is 5.10 Å². The Morgan fingerprint density at radius 3 is 2.60 bits per heavy atom. The first-order valence-corrected chi connectivity index (χ1v) is 9.49. The molecule has 0 radical (unpaired) electrons. The largest absolute Gasteiger partial charge is 0.493 e. The number of aromatic amines is 1. The van der Waals surface area contributed by atoms with Crippen molar-refractivity contribution >= 4 is 23.3 Å². The van der Waals surface area contributed by atoms with Crippen LogP contribution in [0.15, 0.2) is 34.9 Å². The van der Waals surface area contributed by atoms with Gasteiger partial charge in [-0.25, -0.2) is 0 Å². The SMILES string of the molecule is COc1cc(-c2cc3nccc(C4C=c5nn[nH]c5=CC4)c3o2)cc(OC)c1OC. The van der Waals surface area contributed by atoms with Gasteiger partial charge in [-0.2, -0.15) is 0 Å². The second-order valence-electron chi connectivity index (χ2n) is 6.96. The number of furan rings is 1. The Labute approximate surface area is 171 Å². The van der Waals surface area contributed by atoms with Crippen molar-refractivity contribution in [2.45, 2.75) is 12.3 Å². The van der Waals surface area contributed by atoms with Gasteiger partial charge in [0.25, 0.3) is 0 Å². The molecule has 3 aromatic heterocycles. The lowest BCUT2D eigenvalue weighted by molar-refractivity contribution is 0.324. The van der Waals surface area contributed by atoms with E-state index in [4.69, 9.17) is 18.6 Å². The monoisotopic (exact) mass is 404 g/mol. The molecule has 8 nitrogen and oxygen atoms in total. The molecule has 5 rings (SSSR count). The predicted octanol–water partition coefficient (Wildman–Crippen LogP) is 2.39. The van der Waals surface area contributed by atoms with Crippen molar-refractivity contribution in [1.29, 1.82) is 0 Å². The zero-order valence-corrected chi connectivity index (χ0v) is 16.8. The van der Waals surface area contributed by atoms with E-state index in [0.29, 0.717) is 23.0 Å². The van der Waals surface area contributed by atoms with Crippen molar-refractivity contribution in [1.82, 2.24) is 20.4 Å². The third-order valence-corrected chi connectivity index (χ3v) is 5.33. The van der Waals surface area contributed by atoms with Gasteiger partial charge in [0.05, 0.1) is 26.7 Å². The molecular formula is C22H20N4O4. The van der Waals surface area contributed by atoms with Crippen molar-refractivity contribution in [2.75, 3.05) is 21.3 Å². The summed E-state index contributed by atoms with van der Waals surface area (Å²) in [5, 5.41) is 12.7.